The first-order valence-corrected chi connectivity index (χ1v) is 4.28. The molecule has 3 rings (SSSR count). The van der Waals surface area contributed by atoms with E-state index in [0.717, 1.165) is 22.2 Å². The van der Waals surface area contributed by atoms with Crippen molar-refractivity contribution >= 4 is 23.2 Å². The number of hydrogen-bond donors (Lipinski definition) is 1. The van der Waals surface area contributed by atoms with E-state index in [1.807, 2.05) is 24.3 Å². The van der Waals surface area contributed by atoms with E-state index in [9.17, 15) is 0 Å². The Morgan fingerprint density at radius 1 is 1.29 bits per heavy atom. The molecule has 1 N–H and O–H groups in total. The Bertz CT molecular complexity index is 539. The monoisotopic (exact) mass is 185 g/mol. The van der Waals surface area contributed by atoms with Crippen LogP contribution >= 0.6 is 0 Å². The summed E-state index contributed by atoms with van der Waals surface area (Å²) in [6, 6.07) is 3.95. The van der Waals surface area contributed by atoms with Crippen molar-refractivity contribution in [2.24, 2.45) is 5.16 Å². The molecule has 68 valence electrons. The van der Waals surface area contributed by atoms with Gasteiger partial charge in [0.05, 0.1) is 23.3 Å². The maximum atomic E-state index is 5.27. The van der Waals surface area contributed by atoms with Crippen LogP contribution in [-0.4, -0.2) is 16.4 Å². The number of H-pyrrole nitrogens is 1. The van der Waals surface area contributed by atoms with Gasteiger partial charge in [0.15, 0.2) is 5.75 Å². The van der Waals surface area contributed by atoms with E-state index < -0.39 is 0 Å². The summed E-state index contributed by atoms with van der Waals surface area (Å²) in [6.07, 6.45) is 7.16. The quantitative estimate of drug-likeness (QED) is 0.682. The van der Waals surface area contributed by atoms with Crippen molar-refractivity contribution in [1.82, 2.24) is 10.2 Å². The molecular formula is C10H7N3O. The summed E-state index contributed by atoms with van der Waals surface area (Å²) in [6.45, 7) is 0. The molecule has 0 atom stereocenters. The van der Waals surface area contributed by atoms with Crippen molar-refractivity contribution in [2.45, 2.75) is 0 Å². The van der Waals surface area contributed by atoms with Crippen LogP contribution in [0.15, 0.2) is 29.6 Å². The van der Waals surface area contributed by atoms with Crippen LogP contribution in [-0.2, 0) is 0 Å². The number of hydrogen-bond acceptors (Lipinski definition) is 3. The van der Waals surface area contributed by atoms with E-state index in [0.29, 0.717) is 0 Å². The number of fused-ring (bicyclic) bond motifs is 3. The van der Waals surface area contributed by atoms with Gasteiger partial charge in [0.1, 0.15) is 0 Å². The van der Waals surface area contributed by atoms with E-state index in [2.05, 4.69) is 15.4 Å². The Balaban J connectivity index is 2.38. The Hall–Kier alpha value is -2.10. The van der Waals surface area contributed by atoms with Gasteiger partial charge in [-0.05, 0) is 24.3 Å². The topological polar surface area (TPSA) is 50.3 Å². The Labute approximate surface area is 79.9 Å². The maximum absolute atomic E-state index is 5.27. The fraction of sp³-hybridized carbons (Fsp3) is 0. The van der Waals surface area contributed by atoms with Gasteiger partial charge in [0, 0.05) is 5.56 Å². The van der Waals surface area contributed by atoms with Crippen molar-refractivity contribution in [3.63, 3.8) is 0 Å². The van der Waals surface area contributed by atoms with Gasteiger partial charge in [-0.2, -0.15) is 5.10 Å². The smallest absolute Gasteiger partial charge is 0.176 e. The first-order chi connectivity index (χ1) is 6.95. The molecule has 0 radical (unpaired) electrons. The predicted molar refractivity (Wildman–Crippen MR) is 54.2 cm³/mol. The van der Waals surface area contributed by atoms with Crippen molar-refractivity contribution in [1.29, 1.82) is 0 Å². The molecule has 0 amide bonds. The second kappa shape index (κ2) is 2.70. The lowest BCUT2D eigenvalue weighted by molar-refractivity contribution is 0.348. The lowest BCUT2D eigenvalue weighted by atomic mass is 10.1. The lowest BCUT2D eigenvalue weighted by Gasteiger charge is -2.02. The standard InChI is InChI=1S/C10H7N3O/c1-2-7-3-4-9-8(6-11-13-9)10(7)14-12-5-1/h1-6H,(H,11,13). The molecule has 0 spiro atoms. The van der Waals surface area contributed by atoms with Gasteiger partial charge in [0.2, 0.25) is 0 Å². The van der Waals surface area contributed by atoms with Gasteiger partial charge >= 0.3 is 0 Å². The average molecular weight is 185 g/mol. The minimum absolute atomic E-state index is 0.751. The summed E-state index contributed by atoms with van der Waals surface area (Å²) in [5.74, 6) is 0.751. The summed E-state index contributed by atoms with van der Waals surface area (Å²) in [7, 11) is 0. The summed E-state index contributed by atoms with van der Waals surface area (Å²) >= 11 is 0. The number of rotatable bonds is 0. The zero-order chi connectivity index (χ0) is 9.38. The molecule has 0 bridgehead atoms. The molecule has 1 aromatic carbocycles. The highest BCUT2D eigenvalue weighted by molar-refractivity contribution is 5.91. The largest absolute Gasteiger partial charge is 0.356 e. The highest BCUT2D eigenvalue weighted by Gasteiger charge is 2.09. The molecule has 2 aromatic rings. The summed E-state index contributed by atoms with van der Waals surface area (Å²) in [4.78, 5) is 5.27. The third-order valence-electron chi connectivity index (χ3n) is 2.17. The van der Waals surface area contributed by atoms with Crippen LogP contribution in [0.3, 0.4) is 0 Å². The summed E-state index contributed by atoms with van der Waals surface area (Å²) in [5, 5.41) is 11.6. The van der Waals surface area contributed by atoms with Crippen LogP contribution in [0.25, 0.3) is 17.0 Å². The van der Waals surface area contributed by atoms with Crippen LogP contribution in [0.4, 0.5) is 0 Å². The molecule has 14 heavy (non-hydrogen) atoms. The van der Waals surface area contributed by atoms with Crippen molar-refractivity contribution < 1.29 is 4.84 Å². The van der Waals surface area contributed by atoms with Crippen LogP contribution < -0.4 is 4.84 Å². The van der Waals surface area contributed by atoms with Crippen LogP contribution in [0, 0.1) is 0 Å². The fourth-order valence-electron chi connectivity index (χ4n) is 1.51. The molecule has 0 unspecified atom stereocenters. The molecular weight excluding hydrogens is 178 g/mol. The third-order valence-corrected chi connectivity index (χ3v) is 2.17. The fourth-order valence-corrected chi connectivity index (χ4v) is 1.51. The molecule has 1 aliphatic rings. The minimum atomic E-state index is 0.751. The second-order valence-corrected chi connectivity index (χ2v) is 3.02. The first-order valence-electron chi connectivity index (χ1n) is 4.28. The van der Waals surface area contributed by atoms with E-state index in [4.69, 9.17) is 4.84 Å². The molecule has 4 nitrogen and oxygen atoms in total. The lowest BCUT2D eigenvalue weighted by Crippen LogP contribution is -1.85. The number of nitrogens with one attached hydrogen (secondary N) is 1. The van der Waals surface area contributed by atoms with Crippen LogP contribution in [0.2, 0.25) is 0 Å². The molecule has 4 heteroatoms. The Morgan fingerprint density at radius 2 is 2.29 bits per heavy atom. The third kappa shape index (κ3) is 0.939. The molecule has 0 aliphatic carbocycles. The highest BCUT2D eigenvalue weighted by Crippen LogP contribution is 2.30. The van der Waals surface area contributed by atoms with Gasteiger partial charge in [-0.15, -0.1) is 0 Å². The van der Waals surface area contributed by atoms with Gasteiger partial charge in [-0.1, -0.05) is 5.16 Å². The Kier molecular flexibility index (Phi) is 1.41. The SMILES string of the molecule is C1=Cc2ccc3[nH]ncc3c2ON=C1. The van der Waals surface area contributed by atoms with Crippen molar-refractivity contribution in [3.8, 4) is 5.75 Å². The zero-order valence-corrected chi connectivity index (χ0v) is 7.27. The summed E-state index contributed by atoms with van der Waals surface area (Å²) < 4.78 is 0. The highest BCUT2D eigenvalue weighted by atomic mass is 16.6. The van der Waals surface area contributed by atoms with Crippen LogP contribution in [0.1, 0.15) is 5.56 Å². The normalized spacial score (nSPS) is 13.7. The van der Waals surface area contributed by atoms with Crippen molar-refractivity contribution in [3.05, 3.63) is 30.0 Å². The van der Waals surface area contributed by atoms with E-state index >= 15 is 0 Å². The Morgan fingerprint density at radius 3 is 3.29 bits per heavy atom. The van der Waals surface area contributed by atoms with E-state index in [-0.39, 0.29) is 0 Å². The number of aromatic amines is 1. The van der Waals surface area contributed by atoms with E-state index in [1.54, 1.807) is 12.4 Å². The molecule has 0 saturated carbocycles. The number of allylic oxidation sites excluding steroid dienone is 1. The number of aromatic nitrogens is 2. The van der Waals surface area contributed by atoms with Crippen molar-refractivity contribution in [2.75, 3.05) is 0 Å². The zero-order valence-electron chi connectivity index (χ0n) is 7.27. The molecule has 0 fully saturated rings. The maximum Gasteiger partial charge on any atom is 0.176 e. The molecule has 0 saturated heterocycles. The van der Waals surface area contributed by atoms with Crippen LogP contribution in [0.5, 0.6) is 5.75 Å². The second-order valence-electron chi connectivity index (χ2n) is 3.02. The summed E-state index contributed by atoms with van der Waals surface area (Å²) in [5.41, 5.74) is 1.96. The minimum Gasteiger partial charge on any atom is -0.356 e. The number of nitrogens with zero attached hydrogens (tertiary/aromatic N) is 2. The molecule has 2 heterocycles. The average Bonchev–Trinajstić information content (AvgIpc) is 2.55. The van der Waals surface area contributed by atoms with Gasteiger partial charge < -0.3 is 4.84 Å². The van der Waals surface area contributed by atoms with Gasteiger partial charge in [-0.3, -0.25) is 5.10 Å². The number of oxime groups is 1. The molecule has 1 aliphatic heterocycles. The molecule has 1 aromatic heterocycles. The first kappa shape index (κ1) is 7.32. The van der Waals surface area contributed by atoms with E-state index in [1.165, 1.54) is 0 Å². The number of benzene rings is 1. The van der Waals surface area contributed by atoms with Gasteiger partial charge in [-0.25, -0.2) is 0 Å². The van der Waals surface area contributed by atoms with Gasteiger partial charge in [0.25, 0.3) is 0 Å². The predicted octanol–water partition coefficient (Wildman–Crippen LogP) is 1.95.